The van der Waals surface area contributed by atoms with Crippen molar-refractivity contribution in [2.75, 3.05) is 13.1 Å². The molecule has 2 aromatic rings. The third kappa shape index (κ3) is 2.79. The van der Waals surface area contributed by atoms with Gasteiger partial charge in [-0.3, -0.25) is 9.59 Å². The Labute approximate surface area is 116 Å². The van der Waals surface area contributed by atoms with E-state index >= 15 is 0 Å². The van der Waals surface area contributed by atoms with Crippen molar-refractivity contribution < 1.29 is 14.7 Å². The van der Waals surface area contributed by atoms with Gasteiger partial charge < -0.3 is 15.0 Å². The Hall–Kier alpha value is -2.37. The number of aromatic nitrogens is 2. The second-order valence-electron chi connectivity index (χ2n) is 4.72. The van der Waals surface area contributed by atoms with Crippen LogP contribution in [0.2, 0.25) is 0 Å². The van der Waals surface area contributed by atoms with Gasteiger partial charge in [-0.25, -0.2) is 4.98 Å². The number of benzene rings is 1. The molecule has 0 fully saturated rings. The molecule has 0 saturated carbocycles. The van der Waals surface area contributed by atoms with E-state index in [2.05, 4.69) is 9.97 Å². The van der Waals surface area contributed by atoms with Gasteiger partial charge in [-0.2, -0.15) is 0 Å². The van der Waals surface area contributed by atoms with Crippen LogP contribution < -0.4 is 0 Å². The van der Waals surface area contributed by atoms with E-state index in [1.165, 1.54) is 4.90 Å². The van der Waals surface area contributed by atoms with Crippen molar-refractivity contribution in [2.24, 2.45) is 5.92 Å². The summed E-state index contributed by atoms with van der Waals surface area (Å²) in [6.45, 7) is 4.10. The van der Waals surface area contributed by atoms with E-state index in [0.29, 0.717) is 12.1 Å². The highest BCUT2D eigenvalue weighted by Crippen LogP contribution is 2.14. The molecule has 20 heavy (non-hydrogen) atoms. The molecule has 1 unspecified atom stereocenters. The first-order valence-electron chi connectivity index (χ1n) is 6.48. The Morgan fingerprint density at radius 1 is 1.45 bits per heavy atom. The number of hydrogen-bond donors (Lipinski definition) is 2. The summed E-state index contributed by atoms with van der Waals surface area (Å²) in [7, 11) is 0. The lowest BCUT2D eigenvalue weighted by Gasteiger charge is -2.23. The van der Waals surface area contributed by atoms with E-state index in [0.717, 1.165) is 11.0 Å². The second-order valence-corrected chi connectivity index (χ2v) is 4.72. The second kappa shape index (κ2) is 5.73. The van der Waals surface area contributed by atoms with Crippen LogP contribution >= 0.6 is 0 Å². The van der Waals surface area contributed by atoms with E-state index in [9.17, 15) is 9.59 Å². The summed E-state index contributed by atoms with van der Waals surface area (Å²) in [5, 5.41) is 8.94. The Morgan fingerprint density at radius 3 is 2.85 bits per heavy atom. The smallest absolute Gasteiger partial charge is 0.308 e. The van der Waals surface area contributed by atoms with Gasteiger partial charge in [-0.05, 0) is 25.1 Å². The standard InChI is InChI=1S/C14H17N3O3/c1-3-17(7-9(2)14(19)20)13(18)10-4-5-11-12(6-10)16-8-15-11/h4-6,8-9H,3,7H2,1-2H3,(H,15,16)(H,19,20). The molecule has 1 heterocycles. The minimum atomic E-state index is -0.903. The lowest BCUT2D eigenvalue weighted by molar-refractivity contribution is -0.141. The number of hydrogen-bond acceptors (Lipinski definition) is 3. The van der Waals surface area contributed by atoms with Crippen molar-refractivity contribution in [2.45, 2.75) is 13.8 Å². The number of H-pyrrole nitrogens is 1. The lowest BCUT2D eigenvalue weighted by atomic mass is 10.1. The van der Waals surface area contributed by atoms with Gasteiger partial charge in [0.15, 0.2) is 0 Å². The Kier molecular flexibility index (Phi) is 4.02. The van der Waals surface area contributed by atoms with E-state index < -0.39 is 11.9 Å². The lowest BCUT2D eigenvalue weighted by Crippen LogP contribution is -2.36. The zero-order valence-corrected chi connectivity index (χ0v) is 11.5. The van der Waals surface area contributed by atoms with Crippen LogP contribution in [0.3, 0.4) is 0 Å². The van der Waals surface area contributed by atoms with Crippen LogP contribution in [-0.4, -0.2) is 44.9 Å². The quantitative estimate of drug-likeness (QED) is 0.870. The highest BCUT2D eigenvalue weighted by Gasteiger charge is 2.20. The van der Waals surface area contributed by atoms with Gasteiger partial charge in [0.25, 0.3) is 5.91 Å². The van der Waals surface area contributed by atoms with E-state index in [4.69, 9.17) is 5.11 Å². The fourth-order valence-corrected chi connectivity index (χ4v) is 2.02. The largest absolute Gasteiger partial charge is 0.481 e. The monoisotopic (exact) mass is 275 g/mol. The summed E-state index contributed by atoms with van der Waals surface area (Å²) in [6.07, 6.45) is 1.57. The maximum atomic E-state index is 12.4. The maximum absolute atomic E-state index is 12.4. The number of imidazole rings is 1. The predicted molar refractivity (Wildman–Crippen MR) is 74.5 cm³/mol. The van der Waals surface area contributed by atoms with Gasteiger partial charge >= 0.3 is 5.97 Å². The van der Waals surface area contributed by atoms with Crippen molar-refractivity contribution in [3.05, 3.63) is 30.1 Å². The average molecular weight is 275 g/mol. The molecule has 0 aliphatic carbocycles. The fourth-order valence-electron chi connectivity index (χ4n) is 2.02. The molecule has 1 amide bonds. The van der Waals surface area contributed by atoms with Gasteiger partial charge in [0, 0.05) is 18.7 Å². The van der Waals surface area contributed by atoms with Crippen LogP contribution in [0.1, 0.15) is 24.2 Å². The third-order valence-corrected chi connectivity index (χ3v) is 3.25. The first-order valence-corrected chi connectivity index (χ1v) is 6.48. The van der Waals surface area contributed by atoms with Gasteiger partial charge in [0.2, 0.25) is 0 Å². The molecule has 6 nitrogen and oxygen atoms in total. The number of rotatable bonds is 5. The van der Waals surface area contributed by atoms with Crippen molar-refractivity contribution >= 4 is 22.9 Å². The molecule has 0 aliphatic rings. The average Bonchev–Trinajstić information content (AvgIpc) is 2.90. The molecule has 1 atom stereocenters. The number of carbonyl (C=O) groups is 2. The molecule has 0 spiro atoms. The minimum absolute atomic E-state index is 0.169. The highest BCUT2D eigenvalue weighted by molar-refractivity contribution is 5.97. The summed E-state index contributed by atoms with van der Waals surface area (Å²) < 4.78 is 0. The molecule has 1 aromatic carbocycles. The zero-order chi connectivity index (χ0) is 14.7. The van der Waals surface area contributed by atoms with Crippen LogP contribution in [0.25, 0.3) is 11.0 Å². The minimum Gasteiger partial charge on any atom is -0.481 e. The molecule has 0 radical (unpaired) electrons. The molecular formula is C14H17N3O3. The number of aromatic amines is 1. The van der Waals surface area contributed by atoms with Gasteiger partial charge in [-0.1, -0.05) is 6.92 Å². The topological polar surface area (TPSA) is 86.3 Å². The number of aliphatic carboxylic acids is 1. The number of fused-ring (bicyclic) bond motifs is 1. The van der Waals surface area contributed by atoms with E-state index in [1.807, 2.05) is 6.92 Å². The van der Waals surface area contributed by atoms with Gasteiger partial charge in [0.05, 0.1) is 23.3 Å². The fraction of sp³-hybridized carbons (Fsp3) is 0.357. The molecule has 1 aromatic heterocycles. The summed E-state index contributed by atoms with van der Waals surface area (Å²) in [4.78, 5) is 31.9. The summed E-state index contributed by atoms with van der Waals surface area (Å²) in [5.74, 6) is -1.66. The van der Waals surface area contributed by atoms with Crippen molar-refractivity contribution in [3.8, 4) is 0 Å². The Morgan fingerprint density at radius 2 is 2.20 bits per heavy atom. The number of nitrogens with one attached hydrogen (secondary N) is 1. The van der Waals surface area contributed by atoms with Crippen LogP contribution in [0.15, 0.2) is 24.5 Å². The van der Waals surface area contributed by atoms with Gasteiger partial charge in [-0.15, -0.1) is 0 Å². The first kappa shape index (κ1) is 14.0. The van der Waals surface area contributed by atoms with Gasteiger partial charge in [0.1, 0.15) is 0 Å². The van der Waals surface area contributed by atoms with Crippen LogP contribution in [-0.2, 0) is 4.79 Å². The maximum Gasteiger partial charge on any atom is 0.308 e. The van der Waals surface area contributed by atoms with E-state index in [-0.39, 0.29) is 12.5 Å². The van der Waals surface area contributed by atoms with Crippen LogP contribution in [0, 0.1) is 5.92 Å². The van der Waals surface area contributed by atoms with Crippen molar-refractivity contribution in [1.29, 1.82) is 0 Å². The summed E-state index contributed by atoms with van der Waals surface area (Å²) in [5.41, 5.74) is 2.11. The zero-order valence-electron chi connectivity index (χ0n) is 11.5. The number of carbonyl (C=O) groups excluding carboxylic acids is 1. The molecule has 0 saturated heterocycles. The van der Waals surface area contributed by atoms with E-state index in [1.54, 1.807) is 31.5 Å². The Bertz CT molecular complexity index is 635. The van der Waals surface area contributed by atoms with Crippen molar-refractivity contribution in [3.63, 3.8) is 0 Å². The number of carboxylic acids is 1. The number of carboxylic acid groups (broad SMARTS) is 1. The molecule has 6 heteroatoms. The molecule has 2 N–H and O–H groups in total. The van der Waals surface area contributed by atoms with Crippen molar-refractivity contribution in [1.82, 2.24) is 14.9 Å². The molecular weight excluding hydrogens is 258 g/mol. The summed E-state index contributed by atoms with van der Waals surface area (Å²) in [6, 6.07) is 5.21. The SMILES string of the molecule is CCN(CC(C)C(=O)O)C(=O)c1ccc2nc[nH]c2c1. The molecule has 0 aliphatic heterocycles. The Balaban J connectivity index is 2.20. The molecule has 106 valence electrons. The predicted octanol–water partition coefficient (Wildman–Crippen LogP) is 1.75. The number of amides is 1. The highest BCUT2D eigenvalue weighted by atomic mass is 16.4. The summed E-state index contributed by atoms with van der Waals surface area (Å²) >= 11 is 0. The molecule has 0 bridgehead atoms. The van der Waals surface area contributed by atoms with Crippen LogP contribution in [0.4, 0.5) is 0 Å². The first-order chi connectivity index (χ1) is 9.52. The third-order valence-electron chi connectivity index (χ3n) is 3.25. The normalized spacial score (nSPS) is 12.3. The van der Waals surface area contributed by atoms with Crippen LogP contribution in [0.5, 0.6) is 0 Å². The number of nitrogens with zero attached hydrogens (tertiary/aromatic N) is 2. The molecule has 2 rings (SSSR count).